The highest BCUT2D eigenvalue weighted by Crippen LogP contribution is 2.33. The first-order chi connectivity index (χ1) is 5.72. The molecule has 1 aliphatic carbocycles. The highest BCUT2D eigenvalue weighted by Gasteiger charge is 2.23. The van der Waals surface area contributed by atoms with E-state index >= 15 is 0 Å². The second kappa shape index (κ2) is 4.75. The number of hydrogen-bond acceptors (Lipinski definition) is 2. The van der Waals surface area contributed by atoms with E-state index in [1.54, 1.807) is 0 Å². The van der Waals surface area contributed by atoms with Gasteiger partial charge in [0.25, 0.3) is 0 Å². The molecule has 1 amide bonds. The van der Waals surface area contributed by atoms with Gasteiger partial charge in [-0.2, -0.15) is 12.6 Å². The van der Waals surface area contributed by atoms with Crippen molar-refractivity contribution in [3.05, 3.63) is 0 Å². The molecule has 1 atom stereocenters. The van der Waals surface area contributed by atoms with Gasteiger partial charge in [0.1, 0.15) is 0 Å². The lowest BCUT2D eigenvalue weighted by molar-refractivity contribution is -0.121. The normalized spacial score (nSPS) is 18.8. The average molecular weight is 187 g/mol. The molecule has 0 aromatic carbocycles. The molecule has 12 heavy (non-hydrogen) atoms. The quantitative estimate of drug-likeness (QED) is 0.629. The van der Waals surface area contributed by atoms with E-state index in [0.717, 1.165) is 12.3 Å². The Morgan fingerprint density at radius 3 is 2.83 bits per heavy atom. The third kappa shape index (κ3) is 4.00. The molecule has 70 valence electrons. The second-order valence-corrected chi connectivity index (χ2v) is 4.07. The second-order valence-electron chi connectivity index (χ2n) is 3.62. The molecule has 3 heteroatoms. The molecule has 1 rings (SSSR count). The van der Waals surface area contributed by atoms with Crippen molar-refractivity contribution in [1.82, 2.24) is 5.32 Å². The topological polar surface area (TPSA) is 29.1 Å². The highest BCUT2D eigenvalue weighted by molar-refractivity contribution is 7.80. The van der Waals surface area contributed by atoms with Gasteiger partial charge >= 0.3 is 0 Å². The van der Waals surface area contributed by atoms with Crippen LogP contribution in [0.25, 0.3) is 0 Å². The fraction of sp³-hybridized carbons (Fsp3) is 0.889. The predicted molar refractivity (Wildman–Crippen MR) is 53.4 cm³/mol. The van der Waals surface area contributed by atoms with Crippen LogP contribution in [0.5, 0.6) is 0 Å². The average Bonchev–Trinajstić information content (AvgIpc) is 2.71. The van der Waals surface area contributed by atoms with Gasteiger partial charge in [0.2, 0.25) is 5.91 Å². The van der Waals surface area contributed by atoms with Crippen molar-refractivity contribution >= 4 is 18.5 Å². The Hall–Kier alpha value is -0.180. The summed E-state index contributed by atoms with van der Waals surface area (Å²) in [6.07, 6.45) is 4.40. The zero-order chi connectivity index (χ0) is 8.97. The molecule has 1 aliphatic rings. The summed E-state index contributed by atoms with van der Waals surface area (Å²) < 4.78 is 0. The van der Waals surface area contributed by atoms with Crippen LogP contribution in [0.3, 0.4) is 0 Å². The third-order valence-corrected chi connectivity index (χ3v) is 2.35. The summed E-state index contributed by atoms with van der Waals surface area (Å²) in [7, 11) is 0. The van der Waals surface area contributed by atoms with E-state index in [0.29, 0.717) is 18.2 Å². The Morgan fingerprint density at radius 1 is 1.67 bits per heavy atom. The summed E-state index contributed by atoms with van der Waals surface area (Å²) in [5.74, 6) is 1.66. The first-order valence-electron chi connectivity index (χ1n) is 4.62. The van der Waals surface area contributed by atoms with Gasteiger partial charge in [-0.05, 0) is 25.0 Å². The van der Waals surface area contributed by atoms with Crippen LogP contribution >= 0.6 is 12.6 Å². The van der Waals surface area contributed by atoms with Crippen molar-refractivity contribution in [1.29, 1.82) is 0 Å². The van der Waals surface area contributed by atoms with Crippen LogP contribution < -0.4 is 5.32 Å². The van der Waals surface area contributed by atoms with Crippen LogP contribution in [0.1, 0.15) is 32.6 Å². The lowest BCUT2D eigenvalue weighted by atomic mass is 10.1. The van der Waals surface area contributed by atoms with Crippen LogP contribution in [0.4, 0.5) is 0 Å². The Balaban J connectivity index is 2.06. The van der Waals surface area contributed by atoms with Gasteiger partial charge in [-0.1, -0.05) is 12.8 Å². The van der Waals surface area contributed by atoms with Crippen molar-refractivity contribution in [2.24, 2.45) is 5.92 Å². The van der Waals surface area contributed by atoms with Gasteiger partial charge < -0.3 is 5.32 Å². The number of rotatable bonds is 5. The number of thiol groups is 1. The molecule has 0 aromatic rings. The minimum absolute atomic E-state index is 0.137. The molecule has 0 aliphatic heterocycles. The molecular weight excluding hydrogens is 170 g/mol. The summed E-state index contributed by atoms with van der Waals surface area (Å²) >= 11 is 4.00. The van der Waals surface area contributed by atoms with Gasteiger partial charge in [-0.15, -0.1) is 0 Å². The zero-order valence-corrected chi connectivity index (χ0v) is 8.44. The van der Waals surface area contributed by atoms with Gasteiger partial charge in [-0.3, -0.25) is 4.79 Å². The smallest absolute Gasteiger partial charge is 0.221 e. The van der Waals surface area contributed by atoms with Gasteiger partial charge in [0.15, 0.2) is 0 Å². The molecule has 0 saturated heterocycles. The number of carbonyl (C=O) groups excluding carboxylic acids is 1. The van der Waals surface area contributed by atoms with E-state index in [9.17, 15) is 4.79 Å². The standard InChI is InChI=1S/C9H17NOS/c1-7(6-8-2-3-8)10-9(11)4-5-12/h7-8,12H,2-6H2,1H3,(H,10,11). The molecule has 0 aromatic heterocycles. The molecule has 0 radical (unpaired) electrons. The lowest BCUT2D eigenvalue weighted by Crippen LogP contribution is -2.32. The fourth-order valence-electron chi connectivity index (χ4n) is 1.36. The van der Waals surface area contributed by atoms with E-state index in [1.165, 1.54) is 12.8 Å². The maximum absolute atomic E-state index is 11.1. The Bertz CT molecular complexity index is 157. The van der Waals surface area contributed by atoms with Crippen molar-refractivity contribution < 1.29 is 4.79 Å². The SMILES string of the molecule is CC(CC1CC1)NC(=O)CCS. The molecule has 0 spiro atoms. The van der Waals surface area contributed by atoms with Crippen molar-refractivity contribution in [2.75, 3.05) is 5.75 Å². The van der Waals surface area contributed by atoms with Crippen LogP contribution in [-0.2, 0) is 4.79 Å². The summed E-state index contributed by atoms with van der Waals surface area (Å²) in [5, 5.41) is 2.96. The van der Waals surface area contributed by atoms with E-state index < -0.39 is 0 Å². The molecule has 1 N–H and O–H groups in total. The highest BCUT2D eigenvalue weighted by atomic mass is 32.1. The maximum Gasteiger partial charge on any atom is 0.221 e. The van der Waals surface area contributed by atoms with Crippen molar-refractivity contribution in [3.8, 4) is 0 Å². The van der Waals surface area contributed by atoms with E-state index in [1.807, 2.05) is 0 Å². The van der Waals surface area contributed by atoms with E-state index in [-0.39, 0.29) is 5.91 Å². The minimum atomic E-state index is 0.137. The summed E-state index contributed by atoms with van der Waals surface area (Å²) in [4.78, 5) is 11.1. The Morgan fingerprint density at radius 2 is 2.33 bits per heavy atom. The van der Waals surface area contributed by atoms with Crippen LogP contribution in [0.2, 0.25) is 0 Å². The summed E-state index contributed by atoms with van der Waals surface area (Å²) in [6.45, 7) is 2.08. The van der Waals surface area contributed by atoms with Crippen LogP contribution in [0.15, 0.2) is 0 Å². The molecule has 0 bridgehead atoms. The van der Waals surface area contributed by atoms with E-state index in [4.69, 9.17) is 0 Å². The number of carbonyl (C=O) groups is 1. The minimum Gasteiger partial charge on any atom is -0.354 e. The zero-order valence-electron chi connectivity index (χ0n) is 7.55. The molecule has 2 nitrogen and oxygen atoms in total. The van der Waals surface area contributed by atoms with Gasteiger partial charge in [0.05, 0.1) is 0 Å². The first kappa shape index (κ1) is 9.90. The Labute approximate surface area is 79.5 Å². The predicted octanol–water partition coefficient (Wildman–Crippen LogP) is 1.61. The van der Waals surface area contributed by atoms with Crippen LogP contribution in [0, 0.1) is 5.92 Å². The largest absolute Gasteiger partial charge is 0.354 e. The van der Waals surface area contributed by atoms with E-state index in [2.05, 4.69) is 24.9 Å². The Kier molecular flexibility index (Phi) is 3.92. The summed E-state index contributed by atoms with van der Waals surface area (Å²) in [6, 6.07) is 0.352. The maximum atomic E-state index is 11.1. The molecule has 1 saturated carbocycles. The molecule has 0 heterocycles. The first-order valence-corrected chi connectivity index (χ1v) is 5.26. The summed E-state index contributed by atoms with van der Waals surface area (Å²) in [5.41, 5.74) is 0. The number of amides is 1. The third-order valence-electron chi connectivity index (χ3n) is 2.13. The fourth-order valence-corrected chi connectivity index (χ4v) is 1.56. The monoisotopic (exact) mass is 187 g/mol. The van der Waals surface area contributed by atoms with Crippen molar-refractivity contribution in [3.63, 3.8) is 0 Å². The van der Waals surface area contributed by atoms with Crippen LogP contribution in [-0.4, -0.2) is 17.7 Å². The van der Waals surface area contributed by atoms with Crippen molar-refractivity contribution in [2.45, 2.75) is 38.6 Å². The molecule has 1 fully saturated rings. The lowest BCUT2D eigenvalue weighted by Gasteiger charge is -2.12. The number of nitrogens with one attached hydrogen (secondary N) is 1. The van der Waals surface area contributed by atoms with Gasteiger partial charge in [0, 0.05) is 12.5 Å². The molecule has 1 unspecified atom stereocenters. The van der Waals surface area contributed by atoms with Gasteiger partial charge in [-0.25, -0.2) is 0 Å². The number of hydrogen-bond donors (Lipinski definition) is 2. The molecular formula is C9H17NOS.